The van der Waals surface area contributed by atoms with Gasteiger partial charge >= 0.3 is 7.60 Å². The van der Waals surface area contributed by atoms with Gasteiger partial charge in [0.15, 0.2) is 11.5 Å². The quantitative estimate of drug-likeness (QED) is 0.107. The van der Waals surface area contributed by atoms with Gasteiger partial charge in [-0.15, -0.1) is 5.10 Å². The number of hydrogen-bond acceptors (Lipinski definition) is 10. The Hall–Kier alpha value is -4.70. The smallest absolute Gasteiger partial charge is 0.354 e. The molecule has 0 bridgehead atoms. The Morgan fingerprint density at radius 3 is 2.47 bits per heavy atom. The van der Waals surface area contributed by atoms with E-state index in [9.17, 15) is 4.57 Å². The molecule has 2 aromatic carbocycles. The molecule has 0 aliphatic rings. The van der Waals surface area contributed by atoms with Crippen LogP contribution < -0.4 is 14.2 Å². The third kappa shape index (κ3) is 8.07. The minimum absolute atomic E-state index is 0.189. The van der Waals surface area contributed by atoms with E-state index in [1.165, 1.54) is 5.82 Å². The largest absolute Gasteiger partial charge is 0.493 e. The molecule has 0 fully saturated rings. The van der Waals surface area contributed by atoms with E-state index in [1.54, 1.807) is 50.3 Å². The standard InChI is InChI=1S/C33H35N4O7P/c1-5-42-45(38,43-6-2)18-16-27-21-37(28-12-8-7-9-13-28)36-33(27)41-22-25-14-15-30(31(19-25)39-4)40-23-29-24(3)44-32(35-29)26-11-10-17-34-20-26/h7-21H,5-6,22-23H2,1-4H3/b18-16+. The molecule has 0 radical (unpaired) electrons. The average molecular weight is 631 g/mol. The van der Waals surface area contributed by atoms with E-state index >= 15 is 0 Å². The highest BCUT2D eigenvalue weighted by molar-refractivity contribution is 7.57. The van der Waals surface area contributed by atoms with Gasteiger partial charge in [0.2, 0.25) is 11.8 Å². The van der Waals surface area contributed by atoms with Crippen molar-refractivity contribution in [3.05, 3.63) is 108 Å². The number of aryl methyl sites for hydroxylation is 1. The Morgan fingerprint density at radius 2 is 1.76 bits per heavy atom. The second kappa shape index (κ2) is 14.9. The van der Waals surface area contributed by atoms with E-state index in [0.29, 0.717) is 40.3 Å². The van der Waals surface area contributed by atoms with Crippen molar-refractivity contribution in [2.75, 3.05) is 20.3 Å². The van der Waals surface area contributed by atoms with Gasteiger partial charge in [-0.2, -0.15) is 0 Å². The molecule has 3 aromatic heterocycles. The molecule has 12 heteroatoms. The highest BCUT2D eigenvalue weighted by Gasteiger charge is 2.20. The molecule has 11 nitrogen and oxygen atoms in total. The lowest BCUT2D eigenvalue weighted by atomic mass is 10.2. The second-order valence-corrected chi connectivity index (χ2v) is 11.6. The number of para-hydroxylation sites is 1. The molecular formula is C33H35N4O7P. The molecule has 3 heterocycles. The highest BCUT2D eigenvalue weighted by Crippen LogP contribution is 2.50. The zero-order valence-corrected chi connectivity index (χ0v) is 26.5. The van der Waals surface area contributed by atoms with E-state index in [-0.39, 0.29) is 26.4 Å². The van der Waals surface area contributed by atoms with E-state index in [4.69, 9.17) is 27.7 Å². The summed E-state index contributed by atoms with van der Waals surface area (Å²) < 4.78 is 49.2. The molecule has 0 atom stereocenters. The molecule has 0 aliphatic carbocycles. The van der Waals surface area contributed by atoms with Crippen LogP contribution in [0.2, 0.25) is 0 Å². The molecule has 0 unspecified atom stereocenters. The maximum Gasteiger partial charge on any atom is 0.354 e. The van der Waals surface area contributed by atoms with Crippen LogP contribution in [-0.4, -0.2) is 40.1 Å². The van der Waals surface area contributed by atoms with Crippen LogP contribution in [0.4, 0.5) is 0 Å². The Kier molecular flexibility index (Phi) is 10.5. The summed E-state index contributed by atoms with van der Waals surface area (Å²) in [5, 5.41) is 4.64. The Bertz CT molecular complexity index is 1760. The summed E-state index contributed by atoms with van der Waals surface area (Å²) in [7, 11) is -1.85. The zero-order valence-electron chi connectivity index (χ0n) is 25.6. The van der Waals surface area contributed by atoms with Gasteiger partial charge in [0.05, 0.1) is 37.1 Å². The predicted molar refractivity (Wildman–Crippen MR) is 170 cm³/mol. The summed E-state index contributed by atoms with van der Waals surface area (Å²) in [5.74, 6) is 4.02. The lowest BCUT2D eigenvalue weighted by Gasteiger charge is -2.13. The minimum Gasteiger partial charge on any atom is -0.493 e. The van der Waals surface area contributed by atoms with E-state index in [2.05, 4.69) is 15.1 Å². The third-order valence-electron chi connectivity index (χ3n) is 6.55. The van der Waals surface area contributed by atoms with E-state index in [1.807, 2.05) is 67.6 Å². The molecular weight excluding hydrogens is 595 g/mol. The van der Waals surface area contributed by atoms with Crippen molar-refractivity contribution >= 4 is 13.7 Å². The van der Waals surface area contributed by atoms with Crippen LogP contribution in [0.25, 0.3) is 23.2 Å². The fourth-order valence-corrected chi connectivity index (χ4v) is 5.67. The number of nitrogens with zero attached hydrogens (tertiary/aromatic N) is 4. The van der Waals surface area contributed by atoms with Crippen LogP contribution in [-0.2, 0) is 26.8 Å². The Labute approximate surface area is 261 Å². The van der Waals surface area contributed by atoms with Crippen molar-refractivity contribution in [3.8, 4) is 34.5 Å². The van der Waals surface area contributed by atoms with Gasteiger partial charge < -0.3 is 27.7 Å². The molecule has 0 saturated carbocycles. The lowest BCUT2D eigenvalue weighted by Crippen LogP contribution is -2.02. The SMILES string of the molecule is CCOP(=O)(/C=C/c1cn(-c2ccccc2)nc1OCc1ccc(OCc2nc(-c3cccnc3)oc2C)c(OC)c1)OCC. The Balaban J connectivity index is 1.31. The van der Waals surface area contributed by atoms with Crippen molar-refractivity contribution in [2.24, 2.45) is 0 Å². The van der Waals surface area contributed by atoms with Gasteiger partial charge in [-0.05, 0) is 68.8 Å². The summed E-state index contributed by atoms with van der Waals surface area (Å²) in [5.41, 5.74) is 3.75. The van der Waals surface area contributed by atoms with Gasteiger partial charge in [-0.3, -0.25) is 9.55 Å². The molecule has 45 heavy (non-hydrogen) atoms. The minimum atomic E-state index is -3.42. The summed E-state index contributed by atoms with van der Waals surface area (Å²) in [6.07, 6.45) is 6.85. The molecule has 0 N–H and O–H groups in total. The first-order chi connectivity index (χ1) is 21.9. The van der Waals surface area contributed by atoms with Crippen LogP contribution in [0.5, 0.6) is 17.4 Å². The normalized spacial score (nSPS) is 11.6. The number of methoxy groups -OCH3 is 1. The molecule has 234 valence electrons. The van der Waals surface area contributed by atoms with Crippen LogP contribution >= 0.6 is 7.60 Å². The molecule has 5 rings (SSSR count). The summed E-state index contributed by atoms with van der Waals surface area (Å²) in [6.45, 7) is 6.26. The number of pyridine rings is 1. The van der Waals surface area contributed by atoms with Gasteiger partial charge in [0.25, 0.3) is 0 Å². The number of rotatable bonds is 15. The molecule has 0 saturated heterocycles. The first-order valence-corrected chi connectivity index (χ1v) is 16.0. The number of oxazole rings is 1. The average Bonchev–Trinajstić information content (AvgIpc) is 3.66. The van der Waals surface area contributed by atoms with Crippen molar-refractivity contribution in [1.29, 1.82) is 0 Å². The number of aromatic nitrogens is 4. The maximum absolute atomic E-state index is 13.0. The van der Waals surface area contributed by atoms with E-state index < -0.39 is 7.60 Å². The number of benzene rings is 2. The van der Waals surface area contributed by atoms with Crippen molar-refractivity contribution in [2.45, 2.75) is 34.0 Å². The van der Waals surface area contributed by atoms with Crippen LogP contribution in [0.15, 0.2) is 89.5 Å². The topological polar surface area (TPSA) is 120 Å². The first kappa shape index (κ1) is 31.7. The second-order valence-electron chi connectivity index (χ2n) is 9.69. The first-order valence-electron chi connectivity index (χ1n) is 14.4. The molecule has 0 aliphatic heterocycles. The van der Waals surface area contributed by atoms with E-state index in [0.717, 1.165) is 16.8 Å². The van der Waals surface area contributed by atoms with Gasteiger partial charge in [-0.25, -0.2) is 9.67 Å². The van der Waals surface area contributed by atoms with Crippen molar-refractivity contribution < 1.29 is 32.2 Å². The number of ether oxygens (including phenoxy) is 3. The molecule has 5 aromatic rings. The molecule has 0 spiro atoms. The third-order valence-corrected chi connectivity index (χ3v) is 8.30. The molecule has 0 amide bonds. The maximum atomic E-state index is 13.0. The van der Waals surface area contributed by atoms with Gasteiger partial charge in [-0.1, -0.05) is 24.3 Å². The van der Waals surface area contributed by atoms with Crippen LogP contribution in [0.3, 0.4) is 0 Å². The lowest BCUT2D eigenvalue weighted by molar-refractivity contribution is 0.229. The van der Waals surface area contributed by atoms with Gasteiger partial charge in [0, 0.05) is 24.4 Å². The van der Waals surface area contributed by atoms with Gasteiger partial charge in [0.1, 0.15) is 24.7 Å². The van der Waals surface area contributed by atoms with Crippen LogP contribution in [0.1, 0.15) is 36.4 Å². The number of hydrogen-bond donors (Lipinski definition) is 0. The summed E-state index contributed by atoms with van der Waals surface area (Å²) in [6, 6.07) is 18.9. The predicted octanol–water partition coefficient (Wildman–Crippen LogP) is 7.63. The zero-order chi connectivity index (χ0) is 31.6. The van der Waals surface area contributed by atoms with Crippen molar-refractivity contribution in [1.82, 2.24) is 19.7 Å². The van der Waals surface area contributed by atoms with Crippen LogP contribution in [0, 0.1) is 6.92 Å². The summed E-state index contributed by atoms with van der Waals surface area (Å²) >= 11 is 0. The fraction of sp³-hybridized carbons (Fsp3) is 0.242. The summed E-state index contributed by atoms with van der Waals surface area (Å²) in [4.78, 5) is 8.70. The fourth-order valence-electron chi connectivity index (χ4n) is 4.36. The Morgan fingerprint density at radius 1 is 0.956 bits per heavy atom. The highest BCUT2D eigenvalue weighted by atomic mass is 31.2. The monoisotopic (exact) mass is 630 g/mol. The van der Waals surface area contributed by atoms with Crippen molar-refractivity contribution in [3.63, 3.8) is 0 Å².